The zero-order chi connectivity index (χ0) is 9.73. The normalized spacial score (nSPS) is 22.4. The van der Waals surface area contributed by atoms with Gasteiger partial charge in [0.05, 0.1) is 18.3 Å². The molecule has 0 aliphatic heterocycles. The average molecular weight is 188 g/mol. The van der Waals surface area contributed by atoms with Crippen LogP contribution in [0.2, 0.25) is 0 Å². The molecular formula is C10H20O3. The molecule has 1 unspecified atom stereocenters. The van der Waals surface area contributed by atoms with E-state index in [9.17, 15) is 5.11 Å². The van der Waals surface area contributed by atoms with Gasteiger partial charge < -0.3 is 14.6 Å². The molecule has 13 heavy (non-hydrogen) atoms. The van der Waals surface area contributed by atoms with Crippen molar-refractivity contribution in [2.45, 2.75) is 44.3 Å². The Morgan fingerprint density at radius 3 is 2.54 bits per heavy atom. The smallest absolute Gasteiger partial charge is 0.0801 e. The highest BCUT2D eigenvalue weighted by molar-refractivity contribution is 4.91. The fraction of sp³-hybridized carbons (Fsp3) is 1.00. The molecule has 0 aromatic heterocycles. The Morgan fingerprint density at radius 2 is 2.15 bits per heavy atom. The Labute approximate surface area is 80.0 Å². The van der Waals surface area contributed by atoms with Crippen molar-refractivity contribution in [3.63, 3.8) is 0 Å². The highest BCUT2D eigenvalue weighted by atomic mass is 16.5. The minimum Gasteiger partial charge on any atom is -0.391 e. The lowest BCUT2D eigenvalue weighted by Gasteiger charge is -2.41. The second-order valence-corrected chi connectivity index (χ2v) is 3.76. The third kappa shape index (κ3) is 2.93. The second kappa shape index (κ2) is 4.94. The van der Waals surface area contributed by atoms with E-state index in [4.69, 9.17) is 9.47 Å². The predicted octanol–water partition coefficient (Wildman–Crippen LogP) is 1.34. The standard InChI is InChI=1S/C10H20O3/c1-3-13-8-9(11)7-10(12-2)5-4-6-10/h9,11H,3-8H2,1-2H3. The van der Waals surface area contributed by atoms with Crippen LogP contribution in [0.1, 0.15) is 32.6 Å². The van der Waals surface area contributed by atoms with Crippen LogP contribution in [0.4, 0.5) is 0 Å². The van der Waals surface area contributed by atoms with E-state index in [1.807, 2.05) is 6.92 Å². The first-order valence-electron chi connectivity index (χ1n) is 5.03. The third-order valence-electron chi connectivity index (χ3n) is 2.82. The zero-order valence-electron chi connectivity index (χ0n) is 8.58. The molecule has 1 aliphatic rings. The van der Waals surface area contributed by atoms with Gasteiger partial charge in [-0.2, -0.15) is 0 Å². The summed E-state index contributed by atoms with van der Waals surface area (Å²) in [6.07, 6.45) is 3.71. The minimum atomic E-state index is -0.375. The summed E-state index contributed by atoms with van der Waals surface area (Å²) >= 11 is 0. The number of aliphatic hydroxyl groups is 1. The number of rotatable bonds is 6. The van der Waals surface area contributed by atoms with Crippen LogP contribution in [0, 0.1) is 0 Å². The molecule has 3 heteroatoms. The summed E-state index contributed by atoms with van der Waals surface area (Å²) in [7, 11) is 1.73. The highest BCUT2D eigenvalue weighted by Crippen LogP contribution is 2.38. The molecular weight excluding hydrogens is 168 g/mol. The van der Waals surface area contributed by atoms with Crippen molar-refractivity contribution < 1.29 is 14.6 Å². The van der Waals surface area contributed by atoms with Gasteiger partial charge in [0.2, 0.25) is 0 Å². The quantitative estimate of drug-likeness (QED) is 0.683. The van der Waals surface area contributed by atoms with E-state index in [1.54, 1.807) is 7.11 Å². The Hall–Kier alpha value is -0.120. The number of hydrogen-bond donors (Lipinski definition) is 1. The summed E-state index contributed by atoms with van der Waals surface area (Å²) in [5.74, 6) is 0. The van der Waals surface area contributed by atoms with Gasteiger partial charge in [-0.25, -0.2) is 0 Å². The SMILES string of the molecule is CCOCC(O)CC1(OC)CCC1. The molecule has 3 nitrogen and oxygen atoms in total. The van der Waals surface area contributed by atoms with E-state index in [0.717, 1.165) is 12.8 Å². The molecule has 1 aliphatic carbocycles. The lowest BCUT2D eigenvalue weighted by molar-refractivity contribution is -0.108. The van der Waals surface area contributed by atoms with Gasteiger partial charge in [-0.15, -0.1) is 0 Å². The molecule has 1 atom stereocenters. The van der Waals surface area contributed by atoms with Gasteiger partial charge in [-0.3, -0.25) is 0 Å². The van der Waals surface area contributed by atoms with Gasteiger partial charge in [0, 0.05) is 20.1 Å². The van der Waals surface area contributed by atoms with Crippen molar-refractivity contribution in [1.29, 1.82) is 0 Å². The fourth-order valence-electron chi connectivity index (χ4n) is 1.80. The molecule has 0 bridgehead atoms. The van der Waals surface area contributed by atoms with E-state index >= 15 is 0 Å². The highest BCUT2D eigenvalue weighted by Gasteiger charge is 2.38. The topological polar surface area (TPSA) is 38.7 Å². The Balaban J connectivity index is 2.21. The number of methoxy groups -OCH3 is 1. The van der Waals surface area contributed by atoms with E-state index in [-0.39, 0.29) is 11.7 Å². The molecule has 0 amide bonds. The fourth-order valence-corrected chi connectivity index (χ4v) is 1.80. The van der Waals surface area contributed by atoms with Crippen molar-refractivity contribution in [1.82, 2.24) is 0 Å². The predicted molar refractivity (Wildman–Crippen MR) is 50.7 cm³/mol. The molecule has 0 saturated heterocycles. The van der Waals surface area contributed by atoms with Crippen LogP contribution in [-0.2, 0) is 9.47 Å². The van der Waals surface area contributed by atoms with Crippen LogP contribution in [0.5, 0.6) is 0 Å². The average Bonchev–Trinajstić information content (AvgIpc) is 2.08. The van der Waals surface area contributed by atoms with Crippen molar-refractivity contribution in [3.8, 4) is 0 Å². The molecule has 0 heterocycles. The van der Waals surface area contributed by atoms with Crippen LogP contribution in [-0.4, -0.2) is 37.1 Å². The summed E-state index contributed by atoms with van der Waals surface area (Å²) in [6.45, 7) is 3.03. The molecule has 0 aromatic rings. The summed E-state index contributed by atoms with van der Waals surface area (Å²) in [5.41, 5.74) is -0.0451. The second-order valence-electron chi connectivity index (χ2n) is 3.76. The molecule has 0 radical (unpaired) electrons. The van der Waals surface area contributed by atoms with E-state index in [1.165, 1.54) is 6.42 Å². The molecule has 1 rings (SSSR count). The summed E-state index contributed by atoms with van der Waals surface area (Å²) < 4.78 is 10.6. The van der Waals surface area contributed by atoms with Gasteiger partial charge in [0.25, 0.3) is 0 Å². The lowest BCUT2D eigenvalue weighted by Crippen LogP contribution is -2.43. The molecule has 0 aromatic carbocycles. The summed E-state index contributed by atoms with van der Waals surface area (Å²) in [6, 6.07) is 0. The van der Waals surface area contributed by atoms with Crippen molar-refractivity contribution in [3.05, 3.63) is 0 Å². The maximum atomic E-state index is 9.61. The summed E-state index contributed by atoms with van der Waals surface area (Å²) in [5, 5.41) is 9.61. The Morgan fingerprint density at radius 1 is 1.46 bits per heavy atom. The van der Waals surface area contributed by atoms with Crippen LogP contribution >= 0.6 is 0 Å². The molecule has 1 saturated carbocycles. The van der Waals surface area contributed by atoms with Crippen molar-refractivity contribution >= 4 is 0 Å². The van der Waals surface area contributed by atoms with Crippen molar-refractivity contribution in [2.24, 2.45) is 0 Å². The van der Waals surface area contributed by atoms with Gasteiger partial charge in [0.1, 0.15) is 0 Å². The largest absolute Gasteiger partial charge is 0.391 e. The Kier molecular flexibility index (Phi) is 4.16. The van der Waals surface area contributed by atoms with E-state index < -0.39 is 0 Å². The van der Waals surface area contributed by atoms with E-state index in [2.05, 4.69) is 0 Å². The monoisotopic (exact) mass is 188 g/mol. The Bertz CT molecular complexity index is 138. The first-order chi connectivity index (χ1) is 6.22. The lowest BCUT2D eigenvalue weighted by atomic mass is 9.76. The van der Waals surface area contributed by atoms with Crippen molar-refractivity contribution in [2.75, 3.05) is 20.3 Å². The summed E-state index contributed by atoms with van der Waals surface area (Å²) in [4.78, 5) is 0. The number of ether oxygens (including phenoxy) is 2. The minimum absolute atomic E-state index is 0.0451. The molecule has 78 valence electrons. The third-order valence-corrected chi connectivity index (χ3v) is 2.82. The maximum absolute atomic E-state index is 9.61. The van der Waals surface area contributed by atoms with Crippen LogP contribution < -0.4 is 0 Å². The van der Waals surface area contributed by atoms with Gasteiger partial charge in [-0.05, 0) is 26.2 Å². The maximum Gasteiger partial charge on any atom is 0.0801 e. The van der Waals surface area contributed by atoms with E-state index in [0.29, 0.717) is 19.6 Å². The van der Waals surface area contributed by atoms with Gasteiger partial charge in [0.15, 0.2) is 0 Å². The number of hydrogen-bond acceptors (Lipinski definition) is 3. The van der Waals surface area contributed by atoms with Gasteiger partial charge >= 0.3 is 0 Å². The molecule has 1 N–H and O–H groups in total. The van der Waals surface area contributed by atoms with Gasteiger partial charge in [-0.1, -0.05) is 0 Å². The van der Waals surface area contributed by atoms with Crippen LogP contribution in [0.15, 0.2) is 0 Å². The van der Waals surface area contributed by atoms with Crippen LogP contribution in [0.25, 0.3) is 0 Å². The first-order valence-corrected chi connectivity index (χ1v) is 5.03. The molecule has 0 spiro atoms. The first kappa shape index (κ1) is 11.0. The number of aliphatic hydroxyl groups excluding tert-OH is 1. The van der Waals surface area contributed by atoms with Crippen LogP contribution in [0.3, 0.4) is 0 Å². The zero-order valence-corrected chi connectivity index (χ0v) is 8.58. The molecule has 1 fully saturated rings.